The van der Waals surface area contributed by atoms with Crippen molar-refractivity contribution in [3.8, 4) is 0 Å². The van der Waals surface area contributed by atoms with Crippen LogP contribution in [0.15, 0.2) is 78.0 Å². The Balaban J connectivity index is 1.74. The van der Waals surface area contributed by atoms with Crippen LogP contribution in [0.1, 0.15) is 15.9 Å². The maximum atomic E-state index is 15.0. The van der Waals surface area contributed by atoms with Crippen molar-refractivity contribution >= 4 is 32.5 Å². The predicted molar refractivity (Wildman–Crippen MR) is 107 cm³/mol. The number of rotatable bonds is 5. The van der Waals surface area contributed by atoms with Gasteiger partial charge in [0, 0.05) is 18.0 Å². The van der Waals surface area contributed by atoms with E-state index < -0.39 is 38.7 Å². The van der Waals surface area contributed by atoms with Gasteiger partial charge < -0.3 is 0 Å². The highest BCUT2D eigenvalue weighted by molar-refractivity contribution is 7.92. The molecular formula is C21H13F2N3O3S. The van der Waals surface area contributed by atoms with E-state index in [-0.39, 0.29) is 10.5 Å². The van der Waals surface area contributed by atoms with Crippen molar-refractivity contribution in [1.29, 1.82) is 0 Å². The lowest BCUT2D eigenvalue weighted by Crippen LogP contribution is -2.16. The first-order chi connectivity index (χ1) is 14.4. The van der Waals surface area contributed by atoms with Crippen LogP contribution in [0.5, 0.6) is 0 Å². The molecule has 1 N–H and O–H groups in total. The Morgan fingerprint density at radius 1 is 0.867 bits per heavy atom. The number of benzene rings is 3. The molecule has 4 aromatic rings. The van der Waals surface area contributed by atoms with E-state index in [1.54, 1.807) is 6.07 Å². The summed E-state index contributed by atoms with van der Waals surface area (Å²) in [7, 11) is -4.13. The lowest BCUT2D eigenvalue weighted by molar-refractivity contribution is 0.103. The SMILES string of the molecule is O=C(c1ccc2nccnc2c1)c1c(F)ccc(NS(=O)(=O)c2ccccc2)c1F. The molecular weight excluding hydrogens is 412 g/mol. The average Bonchev–Trinajstić information content (AvgIpc) is 2.76. The minimum atomic E-state index is -4.13. The van der Waals surface area contributed by atoms with Crippen molar-refractivity contribution < 1.29 is 22.0 Å². The van der Waals surface area contributed by atoms with E-state index in [1.165, 1.54) is 54.9 Å². The number of fused-ring (bicyclic) bond motifs is 1. The number of aromatic nitrogens is 2. The van der Waals surface area contributed by atoms with Crippen molar-refractivity contribution in [1.82, 2.24) is 9.97 Å². The number of ketones is 1. The van der Waals surface area contributed by atoms with Crippen LogP contribution >= 0.6 is 0 Å². The minimum Gasteiger partial charge on any atom is -0.288 e. The lowest BCUT2D eigenvalue weighted by Gasteiger charge is -2.12. The van der Waals surface area contributed by atoms with E-state index in [0.29, 0.717) is 11.0 Å². The summed E-state index contributed by atoms with van der Waals surface area (Å²) in [5.74, 6) is -3.36. The van der Waals surface area contributed by atoms with E-state index in [1.807, 2.05) is 0 Å². The molecule has 0 spiro atoms. The summed E-state index contributed by atoms with van der Waals surface area (Å²) in [5.41, 5.74) is -0.524. The number of hydrogen-bond donors (Lipinski definition) is 1. The predicted octanol–water partition coefficient (Wildman–Crippen LogP) is 3.94. The fourth-order valence-electron chi connectivity index (χ4n) is 2.89. The number of halogens is 2. The van der Waals surface area contributed by atoms with E-state index >= 15 is 4.39 Å². The van der Waals surface area contributed by atoms with Gasteiger partial charge in [0.1, 0.15) is 5.82 Å². The first-order valence-electron chi connectivity index (χ1n) is 8.68. The summed E-state index contributed by atoms with van der Waals surface area (Å²) in [6.45, 7) is 0. The van der Waals surface area contributed by atoms with Gasteiger partial charge in [-0.3, -0.25) is 19.5 Å². The van der Waals surface area contributed by atoms with Crippen LogP contribution in [0.4, 0.5) is 14.5 Å². The molecule has 6 nitrogen and oxygen atoms in total. The van der Waals surface area contributed by atoms with Gasteiger partial charge in [-0.05, 0) is 42.5 Å². The highest BCUT2D eigenvalue weighted by Gasteiger charge is 2.24. The number of hydrogen-bond acceptors (Lipinski definition) is 5. The highest BCUT2D eigenvalue weighted by atomic mass is 32.2. The number of sulfonamides is 1. The monoisotopic (exact) mass is 425 g/mol. The molecule has 0 amide bonds. The molecule has 3 aromatic carbocycles. The molecule has 0 radical (unpaired) electrons. The van der Waals surface area contributed by atoms with E-state index in [4.69, 9.17) is 0 Å². The smallest absolute Gasteiger partial charge is 0.261 e. The zero-order valence-electron chi connectivity index (χ0n) is 15.2. The first kappa shape index (κ1) is 19.6. The number of nitrogens with zero attached hydrogens (tertiary/aromatic N) is 2. The zero-order valence-corrected chi connectivity index (χ0v) is 16.0. The molecule has 0 saturated carbocycles. The lowest BCUT2D eigenvalue weighted by atomic mass is 10.0. The first-order valence-corrected chi connectivity index (χ1v) is 10.2. The summed E-state index contributed by atoms with van der Waals surface area (Å²) in [5, 5.41) is 0. The second kappa shape index (κ2) is 7.60. The van der Waals surface area contributed by atoms with Gasteiger partial charge in [0.15, 0.2) is 11.6 Å². The van der Waals surface area contributed by atoms with Gasteiger partial charge in [-0.2, -0.15) is 0 Å². The molecule has 4 rings (SSSR count). The molecule has 9 heteroatoms. The quantitative estimate of drug-likeness (QED) is 0.489. The van der Waals surface area contributed by atoms with E-state index in [0.717, 1.165) is 12.1 Å². The molecule has 0 aliphatic rings. The summed E-state index contributed by atoms with van der Waals surface area (Å²) >= 11 is 0. The average molecular weight is 425 g/mol. The van der Waals surface area contributed by atoms with Gasteiger partial charge >= 0.3 is 0 Å². The second-order valence-corrected chi connectivity index (χ2v) is 7.97. The largest absolute Gasteiger partial charge is 0.288 e. The molecule has 0 saturated heterocycles. The molecule has 0 aliphatic carbocycles. The summed E-state index contributed by atoms with van der Waals surface area (Å²) in [6.07, 6.45) is 2.90. The number of nitrogens with one attached hydrogen (secondary N) is 1. The molecule has 30 heavy (non-hydrogen) atoms. The highest BCUT2D eigenvalue weighted by Crippen LogP contribution is 2.26. The summed E-state index contributed by atoms with van der Waals surface area (Å²) in [4.78, 5) is 20.9. The molecule has 0 aliphatic heterocycles. The molecule has 1 aromatic heterocycles. The van der Waals surface area contributed by atoms with Crippen molar-refractivity contribution in [2.24, 2.45) is 0 Å². The van der Waals surface area contributed by atoms with Crippen molar-refractivity contribution in [2.75, 3.05) is 4.72 Å². The van der Waals surface area contributed by atoms with Crippen LogP contribution in [0.25, 0.3) is 11.0 Å². The maximum absolute atomic E-state index is 15.0. The van der Waals surface area contributed by atoms with Crippen molar-refractivity contribution in [2.45, 2.75) is 4.90 Å². The van der Waals surface area contributed by atoms with Gasteiger partial charge in [-0.15, -0.1) is 0 Å². The third-order valence-electron chi connectivity index (χ3n) is 4.35. The molecule has 0 bridgehead atoms. The Labute approximate surface area is 170 Å². The second-order valence-electron chi connectivity index (χ2n) is 6.29. The summed E-state index contributed by atoms with van der Waals surface area (Å²) in [6, 6.07) is 13.3. The van der Waals surface area contributed by atoms with Crippen LogP contribution in [-0.2, 0) is 10.0 Å². The van der Waals surface area contributed by atoms with Crippen LogP contribution in [-0.4, -0.2) is 24.2 Å². The molecule has 1 heterocycles. The van der Waals surface area contributed by atoms with Crippen LogP contribution in [0.2, 0.25) is 0 Å². The molecule has 0 unspecified atom stereocenters. The Morgan fingerprint density at radius 2 is 1.57 bits per heavy atom. The van der Waals surface area contributed by atoms with Crippen LogP contribution in [0, 0.1) is 11.6 Å². The third-order valence-corrected chi connectivity index (χ3v) is 5.73. The molecule has 0 atom stereocenters. The fourth-order valence-corrected chi connectivity index (χ4v) is 3.97. The standard InChI is InChI=1S/C21H13F2N3O3S/c22-15-7-9-17(26-30(28,29)14-4-2-1-3-5-14)20(23)19(15)21(27)13-6-8-16-18(12-13)25-11-10-24-16/h1-12,26H. The van der Waals surface area contributed by atoms with Crippen LogP contribution in [0.3, 0.4) is 0 Å². The van der Waals surface area contributed by atoms with Gasteiger partial charge in [-0.25, -0.2) is 17.2 Å². The van der Waals surface area contributed by atoms with E-state index in [2.05, 4.69) is 14.7 Å². The zero-order chi connectivity index (χ0) is 21.3. The molecule has 150 valence electrons. The maximum Gasteiger partial charge on any atom is 0.261 e. The van der Waals surface area contributed by atoms with E-state index in [9.17, 15) is 17.6 Å². The Bertz CT molecular complexity index is 1380. The van der Waals surface area contributed by atoms with Crippen molar-refractivity contribution in [3.05, 3.63) is 95.8 Å². The Morgan fingerprint density at radius 3 is 2.30 bits per heavy atom. The molecule has 0 fully saturated rings. The Kier molecular flexibility index (Phi) is 4.96. The fraction of sp³-hybridized carbons (Fsp3) is 0. The number of carbonyl (C=O) groups is 1. The van der Waals surface area contributed by atoms with Crippen LogP contribution < -0.4 is 4.72 Å². The van der Waals surface area contributed by atoms with Gasteiger partial charge in [0.05, 0.1) is 27.2 Å². The normalized spacial score (nSPS) is 11.4. The topological polar surface area (TPSA) is 89.0 Å². The third kappa shape index (κ3) is 3.62. The van der Waals surface area contributed by atoms with Gasteiger partial charge in [0.2, 0.25) is 0 Å². The number of anilines is 1. The Hall–Kier alpha value is -3.72. The minimum absolute atomic E-state index is 0.0103. The number of carbonyl (C=O) groups excluding carboxylic acids is 1. The summed E-state index contributed by atoms with van der Waals surface area (Å²) < 4.78 is 56.4. The van der Waals surface area contributed by atoms with Gasteiger partial charge in [-0.1, -0.05) is 18.2 Å². The van der Waals surface area contributed by atoms with Gasteiger partial charge in [0.25, 0.3) is 10.0 Å². The van der Waals surface area contributed by atoms with Crippen molar-refractivity contribution in [3.63, 3.8) is 0 Å².